The summed E-state index contributed by atoms with van der Waals surface area (Å²) in [6, 6.07) is 4.64. The van der Waals surface area contributed by atoms with Crippen LogP contribution in [0, 0.1) is 0 Å². The van der Waals surface area contributed by atoms with Crippen LogP contribution >= 0.6 is 0 Å². The van der Waals surface area contributed by atoms with Gasteiger partial charge in [0.05, 0.1) is 0 Å². The maximum absolute atomic E-state index is 12.9. The Bertz CT molecular complexity index is 446. The molecule has 1 rings (SSSR count). The van der Waals surface area contributed by atoms with Gasteiger partial charge in [0.2, 0.25) is 6.10 Å². The Balaban J connectivity index is 3.03. The van der Waals surface area contributed by atoms with E-state index in [0.29, 0.717) is 5.57 Å². The van der Waals surface area contributed by atoms with E-state index in [1.54, 1.807) is 0 Å². The Hall–Kier alpha value is -1.91. The second-order valence-corrected chi connectivity index (χ2v) is 3.83. The Labute approximate surface area is 103 Å². The number of phenols is 1. The zero-order valence-corrected chi connectivity index (χ0v) is 9.79. The van der Waals surface area contributed by atoms with Crippen LogP contribution in [0.5, 0.6) is 5.75 Å². The van der Waals surface area contributed by atoms with Crippen LogP contribution in [0.1, 0.15) is 18.6 Å². The normalized spacial score (nSPS) is 12.9. The van der Waals surface area contributed by atoms with Crippen LogP contribution in [-0.2, 0) is 4.74 Å². The number of hydrogen-bond donors (Lipinski definition) is 1. The standard InChI is InChI=1S/C13H13F3O2/c1-8(2)9(3)18-12(13(14,15)16)10-4-6-11(17)7-5-10/h4-7,12,17H,1,3H2,2H3. The average molecular weight is 258 g/mol. The molecule has 0 aliphatic rings. The maximum Gasteiger partial charge on any atom is 0.429 e. The fourth-order valence-corrected chi connectivity index (χ4v) is 1.22. The highest BCUT2D eigenvalue weighted by Crippen LogP contribution is 2.38. The molecule has 1 atom stereocenters. The number of phenolic OH excluding ortho intramolecular Hbond substituents is 1. The van der Waals surface area contributed by atoms with E-state index in [4.69, 9.17) is 9.84 Å². The molecule has 0 amide bonds. The average Bonchev–Trinajstić information content (AvgIpc) is 2.25. The number of allylic oxidation sites excluding steroid dienone is 1. The minimum absolute atomic E-state index is 0.109. The highest BCUT2D eigenvalue weighted by Gasteiger charge is 2.43. The first kappa shape index (κ1) is 14.2. The van der Waals surface area contributed by atoms with E-state index in [9.17, 15) is 13.2 Å². The van der Waals surface area contributed by atoms with E-state index >= 15 is 0 Å². The van der Waals surface area contributed by atoms with Crippen molar-refractivity contribution in [2.45, 2.75) is 19.2 Å². The van der Waals surface area contributed by atoms with Crippen LogP contribution in [0.25, 0.3) is 0 Å². The van der Waals surface area contributed by atoms with Gasteiger partial charge in [-0.25, -0.2) is 0 Å². The molecule has 1 N–H and O–H groups in total. The molecule has 0 fully saturated rings. The second-order valence-electron chi connectivity index (χ2n) is 3.83. The van der Waals surface area contributed by atoms with Gasteiger partial charge in [0.1, 0.15) is 11.5 Å². The lowest BCUT2D eigenvalue weighted by atomic mass is 10.1. The molecule has 2 nitrogen and oxygen atoms in total. The Kier molecular flexibility index (Phi) is 4.06. The van der Waals surface area contributed by atoms with Crippen molar-refractivity contribution in [1.29, 1.82) is 0 Å². The van der Waals surface area contributed by atoms with E-state index in [-0.39, 0.29) is 17.1 Å². The van der Waals surface area contributed by atoms with Gasteiger partial charge >= 0.3 is 6.18 Å². The van der Waals surface area contributed by atoms with Crippen molar-refractivity contribution in [2.75, 3.05) is 0 Å². The van der Waals surface area contributed by atoms with E-state index in [1.807, 2.05) is 0 Å². The Morgan fingerprint density at radius 3 is 2.11 bits per heavy atom. The summed E-state index contributed by atoms with van der Waals surface area (Å²) in [5.74, 6) is -0.233. The van der Waals surface area contributed by atoms with Gasteiger partial charge in [-0.1, -0.05) is 25.3 Å². The van der Waals surface area contributed by atoms with E-state index in [0.717, 1.165) is 12.1 Å². The third-order valence-electron chi connectivity index (χ3n) is 2.23. The highest BCUT2D eigenvalue weighted by atomic mass is 19.4. The summed E-state index contributed by atoms with van der Waals surface area (Å²) in [6.07, 6.45) is -6.70. The molecule has 1 aromatic carbocycles. The molecular weight excluding hydrogens is 245 g/mol. The zero-order chi connectivity index (χ0) is 13.9. The summed E-state index contributed by atoms with van der Waals surface area (Å²) in [5.41, 5.74) is 0.214. The second kappa shape index (κ2) is 5.16. The van der Waals surface area contributed by atoms with Crippen LogP contribution in [0.4, 0.5) is 13.2 Å². The van der Waals surface area contributed by atoms with Crippen LogP contribution in [0.3, 0.4) is 0 Å². The summed E-state index contributed by atoms with van der Waals surface area (Å²) in [4.78, 5) is 0. The van der Waals surface area contributed by atoms with Crippen molar-refractivity contribution < 1.29 is 23.0 Å². The molecule has 0 radical (unpaired) electrons. The predicted molar refractivity (Wildman–Crippen MR) is 61.9 cm³/mol. The molecule has 1 unspecified atom stereocenters. The molecule has 0 aliphatic heterocycles. The summed E-state index contributed by atoms with van der Waals surface area (Å²) >= 11 is 0. The van der Waals surface area contributed by atoms with Crippen molar-refractivity contribution in [3.63, 3.8) is 0 Å². The fourth-order valence-electron chi connectivity index (χ4n) is 1.22. The first-order valence-corrected chi connectivity index (χ1v) is 5.09. The van der Waals surface area contributed by atoms with E-state index in [2.05, 4.69) is 13.2 Å². The molecule has 18 heavy (non-hydrogen) atoms. The Morgan fingerprint density at radius 1 is 1.22 bits per heavy atom. The minimum atomic E-state index is -4.57. The largest absolute Gasteiger partial charge is 0.508 e. The van der Waals surface area contributed by atoms with Crippen LogP contribution in [0.15, 0.2) is 48.8 Å². The predicted octanol–water partition coefficient (Wildman–Crippen LogP) is 4.10. The van der Waals surface area contributed by atoms with Gasteiger partial charge in [0, 0.05) is 5.56 Å². The van der Waals surface area contributed by atoms with Crippen LogP contribution < -0.4 is 0 Å². The number of alkyl halides is 3. The van der Waals surface area contributed by atoms with Crippen molar-refractivity contribution >= 4 is 0 Å². The number of aromatic hydroxyl groups is 1. The van der Waals surface area contributed by atoms with Crippen molar-refractivity contribution in [1.82, 2.24) is 0 Å². The molecule has 98 valence electrons. The molecule has 0 aliphatic carbocycles. The molecule has 0 heterocycles. The minimum Gasteiger partial charge on any atom is -0.508 e. The van der Waals surface area contributed by atoms with Crippen molar-refractivity contribution in [2.24, 2.45) is 0 Å². The van der Waals surface area contributed by atoms with E-state index in [1.165, 1.54) is 19.1 Å². The van der Waals surface area contributed by atoms with Gasteiger partial charge in [0.15, 0.2) is 0 Å². The lowest BCUT2D eigenvalue weighted by Crippen LogP contribution is -2.23. The van der Waals surface area contributed by atoms with Gasteiger partial charge in [-0.2, -0.15) is 13.2 Å². The molecule has 0 bridgehead atoms. The Morgan fingerprint density at radius 2 is 1.72 bits per heavy atom. The summed E-state index contributed by atoms with van der Waals surface area (Å²) in [6.45, 7) is 8.35. The van der Waals surface area contributed by atoms with Crippen molar-refractivity contribution in [3.8, 4) is 5.75 Å². The topological polar surface area (TPSA) is 29.5 Å². The van der Waals surface area contributed by atoms with Gasteiger partial charge in [-0.15, -0.1) is 0 Å². The maximum atomic E-state index is 12.9. The fraction of sp³-hybridized carbons (Fsp3) is 0.231. The summed E-state index contributed by atoms with van der Waals surface area (Å²) < 4.78 is 43.4. The molecular formula is C13H13F3O2. The van der Waals surface area contributed by atoms with Gasteiger partial charge < -0.3 is 9.84 Å². The highest BCUT2D eigenvalue weighted by molar-refractivity contribution is 5.29. The van der Waals surface area contributed by atoms with Gasteiger partial charge in [0.25, 0.3) is 0 Å². The molecule has 0 spiro atoms. The lowest BCUT2D eigenvalue weighted by Gasteiger charge is -2.23. The molecule has 5 heteroatoms. The molecule has 1 aromatic rings. The third kappa shape index (κ3) is 3.55. The quantitative estimate of drug-likeness (QED) is 0.650. The number of hydrogen-bond acceptors (Lipinski definition) is 2. The summed E-state index contributed by atoms with van der Waals surface area (Å²) in [7, 11) is 0. The smallest absolute Gasteiger partial charge is 0.429 e. The van der Waals surface area contributed by atoms with Crippen LogP contribution in [0.2, 0.25) is 0 Å². The molecule has 0 aromatic heterocycles. The number of halogens is 3. The SMILES string of the molecule is C=C(C)C(=C)OC(c1ccc(O)cc1)C(F)(F)F. The first-order chi connectivity index (χ1) is 8.21. The molecule has 0 saturated heterocycles. The molecule has 0 saturated carbocycles. The number of rotatable bonds is 4. The lowest BCUT2D eigenvalue weighted by molar-refractivity contribution is -0.211. The van der Waals surface area contributed by atoms with Crippen LogP contribution in [-0.4, -0.2) is 11.3 Å². The van der Waals surface area contributed by atoms with Crippen molar-refractivity contribution in [3.05, 3.63) is 54.3 Å². The number of ether oxygens (including phenoxy) is 1. The zero-order valence-electron chi connectivity index (χ0n) is 9.79. The van der Waals surface area contributed by atoms with Gasteiger partial charge in [-0.05, 0) is 24.6 Å². The van der Waals surface area contributed by atoms with E-state index < -0.39 is 12.3 Å². The number of benzene rings is 1. The first-order valence-electron chi connectivity index (χ1n) is 5.09. The summed E-state index contributed by atoms with van der Waals surface area (Å²) in [5, 5.41) is 9.06. The third-order valence-corrected chi connectivity index (χ3v) is 2.23. The monoisotopic (exact) mass is 258 g/mol. The van der Waals surface area contributed by atoms with Gasteiger partial charge in [-0.3, -0.25) is 0 Å².